The Kier molecular flexibility index (Phi) is 13.8. The highest BCUT2D eigenvalue weighted by molar-refractivity contribution is 8.13. The Hall–Kier alpha value is -1.19. The molecule has 0 unspecified atom stereocenters. The second-order valence-electron chi connectivity index (χ2n) is 8.30. The molecule has 0 saturated carbocycles. The van der Waals surface area contributed by atoms with Crippen LogP contribution >= 0.6 is 23.5 Å². The van der Waals surface area contributed by atoms with Crippen LogP contribution in [0.2, 0.25) is 0 Å². The molecule has 0 saturated heterocycles. The van der Waals surface area contributed by atoms with Crippen LogP contribution in [0.25, 0.3) is 11.1 Å². The maximum absolute atomic E-state index is 12.2. The Labute approximate surface area is 199 Å². The number of carbonyl (C=O) groups is 1. The number of carbonyl (C=O) groups excluding carboxylic acids is 1. The Bertz CT molecular complexity index is 722. The SMILES string of the molecule is CCCCCCCCSc1ccc(-c2ccc(SC(=O)CCCCCCC)cc2)cc1. The van der Waals surface area contributed by atoms with Gasteiger partial charge in [0.15, 0.2) is 5.12 Å². The van der Waals surface area contributed by atoms with Crippen molar-refractivity contribution in [2.24, 2.45) is 0 Å². The van der Waals surface area contributed by atoms with Gasteiger partial charge >= 0.3 is 0 Å². The zero-order valence-electron chi connectivity index (χ0n) is 19.5. The molecule has 0 atom stereocenters. The second-order valence-corrected chi connectivity index (χ2v) is 10.6. The van der Waals surface area contributed by atoms with Gasteiger partial charge in [-0.1, -0.05) is 108 Å². The van der Waals surface area contributed by atoms with E-state index in [-0.39, 0.29) is 5.12 Å². The fraction of sp³-hybridized carbons (Fsp3) is 0.536. The van der Waals surface area contributed by atoms with E-state index in [0.717, 1.165) is 11.3 Å². The molecule has 31 heavy (non-hydrogen) atoms. The molecule has 0 aliphatic heterocycles. The Morgan fingerprint density at radius 3 is 1.68 bits per heavy atom. The van der Waals surface area contributed by atoms with E-state index in [9.17, 15) is 4.79 Å². The average Bonchev–Trinajstić information content (AvgIpc) is 2.79. The number of hydrogen-bond acceptors (Lipinski definition) is 3. The minimum Gasteiger partial charge on any atom is -0.287 e. The first-order chi connectivity index (χ1) is 15.2. The molecule has 0 bridgehead atoms. The van der Waals surface area contributed by atoms with Gasteiger partial charge in [-0.05, 0) is 54.0 Å². The molecule has 0 spiro atoms. The molecule has 1 nitrogen and oxygen atoms in total. The summed E-state index contributed by atoms with van der Waals surface area (Å²) in [6, 6.07) is 17.3. The van der Waals surface area contributed by atoms with E-state index in [2.05, 4.69) is 62.4 Å². The number of benzene rings is 2. The Morgan fingerprint density at radius 1 is 0.613 bits per heavy atom. The molecule has 2 rings (SSSR count). The fourth-order valence-corrected chi connectivity index (χ4v) is 5.28. The van der Waals surface area contributed by atoms with Gasteiger partial charge in [-0.3, -0.25) is 4.79 Å². The van der Waals surface area contributed by atoms with Crippen molar-refractivity contribution in [3.05, 3.63) is 48.5 Å². The highest BCUT2D eigenvalue weighted by Crippen LogP contribution is 2.28. The Balaban J connectivity index is 1.71. The van der Waals surface area contributed by atoms with Gasteiger partial charge in [-0.15, -0.1) is 11.8 Å². The summed E-state index contributed by atoms with van der Waals surface area (Å²) in [6.07, 6.45) is 14.8. The highest BCUT2D eigenvalue weighted by atomic mass is 32.2. The van der Waals surface area contributed by atoms with Gasteiger partial charge in [0.1, 0.15) is 0 Å². The molecular formula is C28H40OS2. The molecule has 0 aliphatic rings. The number of hydrogen-bond donors (Lipinski definition) is 0. The molecule has 3 heteroatoms. The van der Waals surface area contributed by atoms with Crippen molar-refractivity contribution in [2.45, 2.75) is 101 Å². The van der Waals surface area contributed by atoms with E-state index < -0.39 is 0 Å². The Morgan fingerprint density at radius 2 is 1.10 bits per heavy atom. The van der Waals surface area contributed by atoms with Crippen LogP contribution < -0.4 is 0 Å². The quantitative estimate of drug-likeness (QED) is 0.185. The lowest BCUT2D eigenvalue weighted by molar-refractivity contribution is -0.111. The van der Waals surface area contributed by atoms with Gasteiger partial charge in [-0.25, -0.2) is 0 Å². The summed E-state index contributed by atoms with van der Waals surface area (Å²) in [5.74, 6) is 1.21. The van der Waals surface area contributed by atoms with Crippen LogP contribution in [-0.4, -0.2) is 10.9 Å². The minimum absolute atomic E-state index is 0.288. The topological polar surface area (TPSA) is 17.1 Å². The third kappa shape index (κ3) is 11.3. The van der Waals surface area contributed by atoms with E-state index in [4.69, 9.17) is 0 Å². The molecule has 2 aromatic rings. The van der Waals surface area contributed by atoms with Gasteiger partial charge in [0.05, 0.1) is 0 Å². The first-order valence-electron chi connectivity index (χ1n) is 12.3. The first kappa shape index (κ1) is 26.1. The van der Waals surface area contributed by atoms with Crippen LogP contribution in [0.15, 0.2) is 58.3 Å². The van der Waals surface area contributed by atoms with Gasteiger partial charge in [0, 0.05) is 16.2 Å². The van der Waals surface area contributed by atoms with Crippen molar-refractivity contribution in [2.75, 3.05) is 5.75 Å². The highest BCUT2D eigenvalue weighted by Gasteiger charge is 2.06. The van der Waals surface area contributed by atoms with Crippen molar-refractivity contribution in [3.63, 3.8) is 0 Å². The third-order valence-corrected chi connectivity index (χ3v) is 7.56. The lowest BCUT2D eigenvalue weighted by atomic mass is 10.1. The molecule has 0 aliphatic carbocycles. The van der Waals surface area contributed by atoms with Crippen LogP contribution in [-0.2, 0) is 4.79 Å². The smallest absolute Gasteiger partial charge is 0.193 e. The summed E-state index contributed by atoms with van der Waals surface area (Å²) in [5, 5.41) is 0.288. The molecule has 0 radical (unpaired) electrons. The zero-order valence-corrected chi connectivity index (χ0v) is 21.2. The summed E-state index contributed by atoms with van der Waals surface area (Å²) < 4.78 is 0. The van der Waals surface area contributed by atoms with E-state index in [0.29, 0.717) is 6.42 Å². The molecule has 170 valence electrons. The standard InChI is InChI=1S/C28H40OS2/c1-3-5-7-9-11-13-23-30-26-19-15-24(16-20-26)25-17-21-27(22-18-25)31-28(29)14-12-10-8-6-4-2/h15-22H,3-14,23H2,1-2H3. The van der Waals surface area contributed by atoms with Gasteiger partial charge < -0.3 is 0 Å². The summed E-state index contributed by atoms with van der Waals surface area (Å²) in [4.78, 5) is 14.6. The minimum atomic E-state index is 0.288. The van der Waals surface area contributed by atoms with E-state index >= 15 is 0 Å². The molecule has 0 amide bonds. The van der Waals surface area contributed by atoms with Crippen molar-refractivity contribution in [3.8, 4) is 11.1 Å². The number of unbranched alkanes of at least 4 members (excludes halogenated alkanes) is 9. The predicted octanol–water partition coefficient (Wildman–Crippen LogP) is 9.79. The van der Waals surface area contributed by atoms with Gasteiger partial charge in [0.25, 0.3) is 0 Å². The second kappa shape index (κ2) is 16.4. The maximum atomic E-state index is 12.2. The summed E-state index contributed by atoms with van der Waals surface area (Å²) in [5.41, 5.74) is 2.45. The van der Waals surface area contributed by atoms with Crippen LogP contribution in [0.4, 0.5) is 0 Å². The van der Waals surface area contributed by atoms with Crippen LogP contribution in [0, 0.1) is 0 Å². The lowest BCUT2D eigenvalue weighted by Gasteiger charge is -2.06. The molecule has 0 fully saturated rings. The van der Waals surface area contributed by atoms with Crippen molar-refractivity contribution < 1.29 is 4.79 Å². The molecule has 2 aromatic carbocycles. The van der Waals surface area contributed by atoms with Crippen LogP contribution in [0.5, 0.6) is 0 Å². The zero-order chi connectivity index (χ0) is 22.2. The monoisotopic (exact) mass is 456 g/mol. The van der Waals surface area contributed by atoms with Crippen LogP contribution in [0.3, 0.4) is 0 Å². The number of rotatable bonds is 16. The largest absolute Gasteiger partial charge is 0.287 e. The third-order valence-electron chi connectivity index (χ3n) is 5.52. The molecule has 0 aromatic heterocycles. The maximum Gasteiger partial charge on any atom is 0.193 e. The summed E-state index contributed by atoms with van der Waals surface area (Å²) in [7, 11) is 0. The summed E-state index contributed by atoms with van der Waals surface area (Å²) in [6.45, 7) is 4.49. The van der Waals surface area contributed by atoms with E-state index in [1.807, 2.05) is 11.8 Å². The number of thioether (sulfide) groups is 2. The van der Waals surface area contributed by atoms with Crippen molar-refractivity contribution in [1.82, 2.24) is 0 Å². The lowest BCUT2D eigenvalue weighted by Crippen LogP contribution is -1.91. The first-order valence-corrected chi connectivity index (χ1v) is 14.1. The van der Waals surface area contributed by atoms with E-state index in [1.54, 1.807) is 0 Å². The van der Waals surface area contributed by atoms with Gasteiger partial charge in [-0.2, -0.15) is 0 Å². The molecule has 0 heterocycles. The van der Waals surface area contributed by atoms with Gasteiger partial charge in [0.2, 0.25) is 0 Å². The molecular weight excluding hydrogens is 416 g/mol. The molecule has 0 N–H and O–H groups in total. The normalized spacial score (nSPS) is 11.0. The fourth-order valence-electron chi connectivity index (χ4n) is 3.59. The summed E-state index contributed by atoms with van der Waals surface area (Å²) >= 11 is 3.36. The van der Waals surface area contributed by atoms with E-state index in [1.165, 1.54) is 97.7 Å². The van der Waals surface area contributed by atoms with Crippen molar-refractivity contribution >= 4 is 28.6 Å². The average molecular weight is 457 g/mol. The van der Waals surface area contributed by atoms with Crippen molar-refractivity contribution in [1.29, 1.82) is 0 Å². The van der Waals surface area contributed by atoms with Crippen LogP contribution in [0.1, 0.15) is 90.9 Å². The predicted molar refractivity (Wildman–Crippen MR) is 140 cm³/mol.